The van der Waals surface area contributed by atoms with E-state index in [2.05, 4.69) is 5.32 Å². The minimum atomic E-state index is -4.50. The number of nitrogens with one attached hydrogen (secondary N) is 1. The molecule has 0 unspecified atom stereocenters. The summed E-state index contributed by atoms with van der Waals surface area (Å²) in [5.41, 5.74) is -0.753. The summed E-state index contributed by atoms with van der Waals surface area (Å²) in [6, 6.07) is 11.1. The number of nitrogens with zero attached hydrogens (tertiary/aromatic N) is 1. The molecule has 2 amide bonds. The molecule has 2 N–H and O–H groups in total. The number of rotatable bonds is 2. The molecule has 2 aromatic carbocycles. The van der Waals surface area contributed by atoms with Gasteiger partial charge in [-0.3, -0.25) is 5.21 Å². The van der Waals surface area contributed by atoms with E-state index in [1.807, 2.05) is 0 Å². The molecule has 0 saturated heterocycles. The van der Waals surface area contributed by atoms with Crippen LogP contribution in [0.25, 0.3) is 0 Å². The number of carbonyl (C=O) groups is 1. The summed E-state index contributed by atoms with van der Waals surface area (Å²) in [4.78, 5) is 11.8. The van der Waals surface area contributed by atoms with Gasteiger partial charge in [-0.15, -0.1) is 0 Å². The average molecular weight is 296 g/mol. The van der Waals surface area contributed by atoms with Crippen molar-refractivity contribution in [2.24, 2.45) is 0 Å². The highest BCUT2D eigenvalue weighted by atomic mass is 19.4. The van der Waals surface area contributed by atoms with Crippen LogP contribution in [0.4, 0.5) is 29.3 Å². The van der Waals surface area contributed by atoms with Gasteiger partial charge >= 0.3 is 12.2 Å². The van der Waals surface area contributed by atoms with Gasteiger partial charge in [0.25, 0.3) is 0 Å². The molecule has 0 radical (unpaired) electrons. The number of urea groups is 1. The Labute approximate surface area is 118 Å². The number of amides is 2. The lowest BCUT2D eigenvalue weighted by Crippen LogP contribution is -2.31. The highest BCUT2D eigenvalue weighted by molar-refractivity contribution is 5.99. The molecule has 4 nitrogen and oxygen atoms in total. The first-order valence-corrected chi connectivity index (χ1v) is 5.90. The molecular formula is C14H11F3N2O2. The molecule has 0 aliphatic heterocycles. The summed E-state index contributed by atoms with van der Waals surface area (Å²) < 4.78 is 37.7. The zero-order valence-corrected chi connectivity index (χ0v) is 10.6. The number of para-hydroxylation sites is 1. The zero-order chi connectivity index (χ0) is 15.5. The van der Waals surface area contributed by atoms with Crippen molar-refractivity contribution in [3.8, 4) is 0 Å². The van der Waals surface area contributed by atoms with Crippen LogP contribution in [-0.4, -0.2) is 11.2 Å². The third-order valence-corrected chi connectivity index (χ3v) is 2.63. The van der Waals surface area contributed by atoms with Crippen molar-refractivity contribution in [1.29, 1.82) is 0 Å². The van der Waals surface area contributed by atoms with Crippen molar-refractivity contribution < 1.29 is 23.2 Å². The van der Waals surface area contributed by atoms with Crippen molar-refractivity contribution in [3.05, 3.63) is 60.2 Å². The van der Waals surface area contributed by atoms with E-state index < -0.39 is 17.8 Å². The molecule has 0 aliphatic rings. The van der Waals surface area contributed by atoms with Gasteiger partial charge in [-0.2, -0.15) is 18.2 Å². The third-order valence-electron chi connectivity index (χ3n) is 2.63. The Hall–Kier alpha value is -2.54. The lowest BCUT2D eigenvalue weighted by atomic mass is 10.2. The van der Waals surface area contributed by atoms with Gasteiger partial charge in [-0.05, 0) is 30.3 Å². The molecule has 2 aromatic rings. The fourth-order valence-corrected chi connectivity index (χ4v) is 1.64. The molecule has 0 heterocycles. The lowest BCUT2D eigenvalue weighted by molar-refractivity contribution is -0.137. The van der Waals surface area contributed by atoms with Crippen LogP contribution in [0.5, 0.6) is 0 Å². The fourth-order valence-electron chi connectivity index (χ4n) is 1.64. The molecule has 0 fully saturated rings. The van der Waals surface area contributed by atoms with Crippen LogP contribution in [0, 0.1) is 0 Å². The standard InChI is InChI=1S/C14H11F3N2O2/c15-14(16,17)10-5-4-6-11(9-10)18-13(20)19(21)12-7-2-1-3-8-12/h1-9,21H,(H,18,20). The van der Waals surface area contributed by atoms with E-state index in [1.165, 1.54) is 24.3 Å². The van der Waals surface area contributed by atoms with Gasteiger partial charge in [-0.1, -0.05) is 24.3 Å². The topological polar surface area (TPSA) is 52.6 Å². The van der Waals surface area contributed by atoms with E-state index in [1.54, 1.807) is 18.2 Å². The van der Waals surface area contributed by atoms with Crippen molar-refractivity contribution in [2.75, 3.05) is 10.4 Å². The third kappa shape index (κ3) is 3.73. The van der Waals surface area contributed by atoms with E-state index in [0.29, 0.717) is 5.06 Å². The Morgan fingerprint density at radius 2 is 1.71 bits per heavy atom. The zero-order valence-electron chi connectivity index (χ0n) is 10.6. The number of benzene rings is 2. The molecular weight excluding hydrogens is 285 g/mol. The Bertz CT molecular complexity index is 630. The Balaban J connectivity index is 2.13. The lowest BCUT2D eigenvalue weighted by Gasteiger charge is -2.16. The second kappa shape index (κ2) is 5.84. The molecule has 0 aromatic heterocycles. The van der Waals surface area contributed by atoms with E-state index in [0.717, 1.165) is 12.1 Å². The van der Waals surface area contributed by atoms with Crippen molar-refractivity contribution in [1.82, 2.24) is 0 Å². The number of hydrogen-bond acceptors (Lipinski definition) is 2. The van der Waals surface area contributed by atoms with Crippen LogP contribution in [0.15, 0.2) is 54.6 Å². The van der Waals surface area contributed by atoms with Gasteiger partial charge in [0.1, 0.15) is 0 Å². The first-order valence-electron chi connectivity index (χ1n) is 5.90. The fraction of sp³-hybridized carbons (Fsp3) is 0.0714. The summed E-state index contributed by atoms with van der Waals surface area (Å²) in [5.74, 6) is 0. The molecule has 7 heteroatoms. The molecule has 110 valence electrons. The van der Waals surface area contributed by atoms with E-state index in [-0.39, 0.29) is 11.4 Å². The van der Waals surface area contributed by atoms with Gasteiger partial charge in [-0.25, -0.2) is 4.79 Å². The Morgan fingerprint density at radius 1 is 1.05 bits per heavy atom. The van der Waals surface area contributed by atoms with Crippen LogP contribution >= 0.6 is 0 Å². The van der Waals surface area contributed by atoms with Crippen LogP contribution in [-0.2, 0) is 6.18 Å². The first kappa shape index (κ1) is 14.9. The Morgan fingerprint density at radius 3 is 2.33 bits per heavy atom. The van der Waals surface area contributed by atoms with Gasteiger partial charge in [0.2, 0.25) is 0 Å². The van der Waals surface area contributed by atoms with E-state index in [4.69, 9.17) is 0 Å². The second-order valence-electron chi connectivity index (χ2n) is 4.16. The van der Waals surface area contributed by atoms with E-state index in [9.17, 15) is 23.2 Å². The smallest absolute Gasteiger partial charge is 0.306 e. The normalized spacial score (nSPS) is 11.0. The van der Waals surface area contributed by atoms with Crippen molar-refractivity contribution in [2.45, 2.75) is 6.18 Å². The number of hydrogen-bond donors (Lipinski definition) is 2. The van der Waals surface area contributed by atoms with Gasteiger partial charge in [0.15, 0.2) is 0 Å². The molecule has 0 bridgehead atoms. The number of anilines is 2. The predicted molar refractivity (Wildman–Crippen MR) is 71.2 cm³/mol. The second-order valence-corrected chi connectivity index (χ2v) is 4.16. The summed E-state index contributed by atoms with van der Waals surface area (Å²) in [5, 5.41) is 12.2. The van der Waals surface area contributed by atoms with E-state index >= 15 is 0 Å². The monoisotopic (exact) mass is 296 g/mol. The summed E-state index contributed by atoms with van der Waals surface area (Å²) in [6.45, 7) is 0. The van der Waals surface area contributed by atoms with Crippen LogP contribution in [0.3, 0.4) is 0 Å². The number of carbonyl (C=O) groups excluding carboxylic acids is 1. The van der Waals surface area contributed by atoms with Gasteiger partial charge < -0.3 is 5.32 Å². The maximum absolute atomic E-state index is 12.6. The minimum Gasteiger partial charge on any atom is -0.306 e. The minimum absolute atomic E-state index is 0.0650. The van der Waals surface area contributed by atoms with Gasteiger partial charge in [0.05, 0.1) is 11.3 Å². The SMILES string of the molecule is O=C(Nc1cccc(C(F)(F)F)c1)N(O)c1ccccc1. The summed E-state index contributed by atoms with van der Waals surface area (Å²) in [7, 11) is 0. The highest BCUT2D eigenvalue weighted by Gasteiger charge is 2.30. The quantitative estimate of drug-likeness (QED) is 0.646. The number of halogens is 3. The summed E-state index contributed by atoms with van der Waals surface area (Å²) >= 11 is 0. The highest BCUT2D eigenvalue weighted by Crippen LogP contribution is 2.30. The van der Waals surface area contributed by atoms with Crippen molar-refractivity contribution in [3.63, 3.8) is 0 Å². The molecule has 21 heavy (non-hydrogen) atoms. The van der Waals surface area contributed by atoms with Crippen molar-refractivity contribution >= 4 is 17.4 Å². The van der Waals surface area contributed by atoms with Gasteiger partial charge in [0, 0.05) is 5.69 Å². The maximum atomic E-state index is 12.6. The molecule has 2 rings (SSSR count). The average Bonchev–Trinajstić information content (AvgIpc) is 2.47. The van der Waals surface area contributed by atoms with Crippen LogP contribution < -0.4 is 10.4 Å². The molecule has 0 aliphatic carbocycles. The van der Waals surface area contributed by atoms with Crippen LogP contribution in [0.2, 0.25) is 0 Å². The first-order chi connectivity index (χ1) is 9.88. The Kier molecular flexibility index (Phi) is 4.13. The molecule has 0 spiro atoms. The molecule has 0 atom stereocenters. The number of hydroxylamine groups is 1. The summed E-state index contributed by atoms with van der Waals surface area (Å²) in [6.07, 6.45) is -4.50. The molecule has 0 saturated carbocycles. The maximum Gasteiger partial charge on any atom is 0.416 e. The largest absolute Gasteiger partial charge is 0.416 e. The number of alkyl halides is 3. The van der Waals surface area contributed by atoms with Crippen LogP contribution in [0.1, 0.15) is 5.56 Å². The predicted octanol–water partition coefficient (Wildman–Crippen LogP) is 4.13.